The molecule has 1 unspecified atom stereocenters. The number of carbonyl (C=O) groups is 1. The molecule has 1 aromatic rings. The molecule has 0 amide bonds. The number of carboxylic acid groups (broad SMARTS) is 1. The van der Waals surface area contributed by atoms with Gasteiger partial charge >= 0.3 is 5.97 Å². The lowest BCUT2D eigenvalue weighted by molar-refractivity contribution is -0.131. The zero-order valence-corrected chi connectivity index (χ0v) is 8.38. The Balaban J connectivity index is 2.06. The fraction of sp³-hybridized carbons (Fsp3) is 0.500. The number of aromatic nitrogens is 2. The second-order valence-corrected chi connectivity index (χ2v) is 3.78. The van der Waals surface area contributed by atoms with Crippen molar-refractivity contribution in [2.75, 3.05) is 0 Å². The zero-order valence-electron chi connectivity index (χ0n) is 8.38. The molecule has 0 saturated heterocycles. The predicted octanol–water partition coefficient (Wildman–Crippen LogP) is 1.68. The van der Waals surface area contributed by atoms with Gasteiger partial charge < -0.3 is 9.52 Å². The first-order valence-electron chi connectivity index (χ1n) is 4.91. The van der Waals surface area contributed by atoms with Gasteiger partial charge in [0, 0.05) is 18.1 Å². The third kappa shape index (κ3) is 2.43. The van der Waals surface area contributed by atoms with Crippen molar-refractivity contribution in [3.05, 3.63) is 17.9 Å². The fourth-order valence-electron chi connectivity index (χ4n) is 1.44. The molecular weight excluding hydrogens is 196 g/mol. The van der Waals surface area contributed by atoms with Gasteiger partial charge in [-0.3, -0.25) is 0 Å². The predicted molar refractivity (Wildman–Crippen MR) is 52.1 cm³/mol. The number of aliphatic carboxylic acids is 1. The van der Waals surface area contributed by atoms with E-state index in [2.05, 4.69) is 17.1 Å². The summed E-state index contributed by atoms with van der Waals surface area (Å²) in [5.41, 5.74) is 0. The SMILES string of the molecule is CC(c1nnc(/C=C/C(=O)O)o1)C1CC1. The van der Waals surface area contributed by atoms with Crippen LogP contribution in [0.2, 0.25) is 0 Å². The Morgan fingerprint density at radius 2 is 2.33 bits per heavy atom. The molecule has 80 valence electrons. The summed E-state index contributed by atoms with van der Waals surface area (Å²) in [4.78, 5) is 10.3. The van der Waals surface area contributed by atoms with Gasteiger partial charge in [-0.2, -0.15) is 0 Å². The van der Waals surface area contributed by atoms with Gasteiger partial charge in [-0.15, -0.1) is 10.2 Å². The van der Waals surface area contributed by atoms with Crippen LogP contribution in [0.3, 0.4) is 0 Å². The van der Waals surface area contributed by atoms with Crippen molar-refractivity contribution in [1.82, 2.24) is 10.2 Å². The zero-order chi connectivity index (χ0) is 10.8. The fourth-order valence-corrected chi connectivity index (χ4v) is 1.44. The van der Waals surface area contributed by atoms with Crippen LogP contribution in [0.25, 0.3) is 6.08 Å². The minimum Gasteiger partial charge on any atom is -0.478 e. The van der Waals surface area contributed by atoms with E-state index in [9.17, 15) is 4.79 Å². The average molecular weight is 208 g/mol. The number of hydrogen-bond donors (Lipinski definition) is 1. The van der Waals surface area contributed by atoms with E-state index in [0.717, 1.165) is 6.08 Å². The Morgan fingerprint density at radius 1 is 1.60 bits per heavy atom. The molecule has 1 aromatic heterocycles. The first-order chi connectivity index (χ1) is 7.16. The average Bonchev–Trinajstić information content (AvgIpc) is 2.93. The second kappa shape index (κ2) is 3.84. The molecule has 15 heavy (non-hydrogen) atoms. The summed E-state index contributed by atoms with van der Waals surface area (Å²) in [5, 5.41) is 16.1. The largest absolute Gasteiger partial charge is 0.478 e. The molecule has 0 spiro atoms. The Hall–Kier alpha value is -1.65. The lowest BCUT2D eigenvalue weighted by Gasteiger charge is -2.01. The van der Waals surface area contributed by atoms with Crippen molar-refractivity contribution >= 4 is 12.0 Å². The van der Waals surface area contributed by atoms with E-state index in [1.165, 1.54) is 18.9 Å². The lowest BCUT2D eigenvalue weighted by atomic mass is 10.1. The van der Waals surface area contributed by atoms with Crippen molar-refractivity contribution in [2.24, 2.45) is 5.92 Å². The summed E-state index contributed by atoms with van der Waals surface area (Å²) < 4.78 is 5.32. The first-order valence-corrected chi connectivity index (χ1v) is 4.91. The molecule has 0 radical (unpaired) electrons. The Bertz CT molecular complexity index is 393. The smallest absolute Gasteiger partial charge is 0.328 e. The third-order valence-electron chi connectivity index (χ3n) is 2.54. The van der Waals surface area contributed by atoms with Crippen molar-refractivity contribution in [3.8, 4) is 0 Å². The first kappa shape index (κ1) is 9.89. The maximum atomic E-state index is 10.3. The van der Waals surface area contributed by atoms with Gasteiger partial charge in [-0.1, -0.05) is 6.92 Å². The van der Waals surface area contributed by atoms with Crippen LogP contribution in [-0.4, -0.2) is 21.3 Å². The summed E-state index contributed by atoms with van der Waals surface area (Å²) in [7, 11) is 0. The van der Waals surface area contributed by atoms with E-state index in [4.69, 9.17) is 9.52 Å². The van der Waals surface area contributed by atoms with Crippen molar-refractivity contribution < 1.29 is 14.3 Å². The van der Waals surface area contributed by atoms with E-state index >= 15 is 0 Å². The highest BCUT2D eigenvalue weighted by molar-refractivity contribution is 5.84. The molecule has 2 rings (SSSR count). The molecule has 5 heteroatoms. The standard InChI is InChI=1S/C10H12N2O3/c1-6(7-2-3-7)10-12-11-8(15-10)4-5-9(13)14/h4-7H,2-3H2,1H3,(H,13,14)/b5-4+. The Morgan fingerprint density at radius 3 is 2.93 bits per heavy atom. The highest BCUT2D eigenvalue weighted by atomic mass is 16.4. The summed E-state index contributed by atoms with van der Waals surface area (Å²) in [6.45, 7) is 2.05. The van der Waals surface area contributed by atoms with E-state index in [-0.39, 0.29) is 11.8 Å². The van der Waals surface area contributed by atoms with Crippen molar-refractivity contribution in [1.29, 1.82) is 0 Å². The van der Waals surface area contributed by atoms with Crippen LogP contribution < -0.4 is 0 Å². The third-order valence-corrected chi connectivity index (χ3v) is 2.54. The molecule has 0 aromatic carbocycles. The van der Waals surface area contributed by atoms with Crippen molar-refractivity contribution in [3.63, 3.8) is 0 Å². The van der Waals surface area contributed by atoms with E-state index in [1.54, 1.807) is 0 Å². The van der Waals surface area contributed by atoms with E-state index in [0.29, 0.717) is 11.8 Å². The van der Waals surface area contributed by atoms with Gasteiger partial charge in [-0.05, 0) is 18.8 Å². The van der Waals surface area contributed by atoms with Gasteiger partial charge in [0.15, 0.2) is 0 Å². The quantitative estimate of drug-likeness (QED) is 0.762. The minimum absolute atomic E-state index is 0.250. The normalized spacial score (nSPS) is 18.2. The Labute approximate surface area is 86.8 Å². The molecule has 1 saturated carbocycles. The molecule has 1 aliphatic carbocycles. The molecule has 1 fully saturated rings. The molecule has 1 atom stereocenters. The molecule has 0 bridgehead atoms. The number of rotatable bonds is 4. The molecule has 1 N–H and O–H groups in total. The molecule has 1 heterocycles. The van der Waals surface area contributed by atoms with E-state index < -0.39 is 5.97 Å². The van der Waals surface area contributed by atoms with Gasteiger partial charge in [-0.25, -0.2) is 4.79 Å². The van der Waals surface area contributed by atoms with Crippen LogP contribution in [0.15, 0.2) is 10.5 Å². The molecular formula is C10H12N2O3. The highest BCUT2D eigenvalue weighted by Gasteiger charge is 2.32. The second-order valence-electron chi connectivity index (χ2n) is 3.78. The maximum absolute atomic E-state index is 10.3. The van der Waals surface area contributed by atoms with Crippen molar-refractivity contribution in [2.45, 2.75) is 25.7 Å². The molecule has 0 aliphatic heterocycles. The minimum atomic E-state index is -1.02. The van der Waals surface area contributed by atoms with Gasteiger partial charge in [0.25, 0.3) is 0 Å². The summed E-state index contributed by atoms with van der Waals surface area (Å²) in [6, 6.07) is 0. The monoisotopic (exact) mass is 208 g/mol. The van der Waals surface area contributed by atoms with Crippen LogP contribution in [0, 0.1) is 5.92 Å². The summed E-state index contributed by atoms with van der Waals surface area (Å²) in [6.07, 6.45) is 4.71. The maximum Gasteiger partial charge on any atom is 0.328 e. The number of carboxylic acids is 1. The van der Waals surface area contributed by atoms with Gasteiger partial charge in [0.05, 0.1) is 0 Å². The Kier molecular flexibility index (Phi) is 2.53. The highest BCUT2D eigenvalue weighted by Crippen LogP contribution is 2.41. The van der Waals surface area contributed by atoms with Crippen LogP contribution >= 0.6 is 0 Å². The van der Waals surface area contributed by atoms with Crippen LogP contribution in [0.1, 0.15) is 37.5 Å². The van der Waals surface area contributed by atoms with Crippen LogP contribution in [0.4, 0.5) is 0 Å². The topological polar surface area (TPSA) is 76.2 Å². The molecule has 1 aliphatic rings. The summed E-state index contributed by atoms with van der Waals surface area (Å²) in [5.74, 6) is 0.763. The van der Waals surface area contributed by atoms with Crippen LogP contribution in [0.5, 0.6) is 0 Å². The number of hydrogen-bond acceptors (Lipinski definition) is 4. The van der Waals surface area contributed by atoms with E-state index in [1.807, 2.05) is 0 Å². The lowest BCUT2D eigenvalue weighted by Crippen LogP contribution is -1.95. The van der Waals surface area contributed by atoms with Gasteiger partial charge in [0.1, 0.15) is 0 Å². The summed E-state index contributed by atoms with van der Waals surface area (Å²) >= 11 is 0. The number of nitrogens with zero attached hydrogens (tertiary/aromatic N) is 2. The van der Waals surface area contributed by atoms with Crippen LogP contribution in [-0.2, 0) is 4.79 Å². The van der Waals surface area contributed by atoms with Gasteiger partial charge in [0.2, 0.25) is 11.8 Å². The molecule has 5 nitrogen and oxygen atoms in total.